The molecule has 1 N–H and O–H groups in total. The van der Waals surface area contributed by atoms with Gasteiger partial charge >= 0.3 is 5.69 Å². The zero-order chi connectivity index (χ0) is 24.9. The van der Waals surface area contributed by atoms with Gasteiger partial charge in [0.1, 0.15) is 11.8 Å². The summed E-state index contributed by atoms with van der Waals surface area (Å²) in [6, 6.07) is 16.0. The number of aromatic nitrogens is 3. The lowest BCUT2D eigenvalue weighted by molar-refractivity contribution is -0.385. The topological polar surface area (TPSA) is 144 Å². The lowest BCUT2D eigenvalue weighted by atomic mass is 10.1. The molecule has 2 aromatic carbocycles. The Hall–Kier alpha value is -4.98. The van der Waals surface area contributed by atoms with Gasteiger partial charge in [-0.3, -0.25) is 10.1 Å². The minimum Gasteiger partial charge on any atom is -0.490 e. The minimum atomic E-state index is -0.508. The van der Waals surface area contributed by atoms with Crippen LogP contribution in [-0.4, -0.2) is 33.0 Å². The second kappa shape index (κ2) is 9.88. The van der Waals surface area contributed by atoms with Gasteiger partial charge in [0.05, 0.1) is 23.9 Å². The van der Waals surface area contributed by atoms with Gasteiger partial charge in [-0.15, -0.1) is 0 Å². The van der Waals surface area contributed by atoms with Crippen LogP contribution in [0.3, 0.4) is 0 Å². The van der Waals surface area contributed by atoms with E-state index in [1.807, 2.05) is 50.2 Å². The molecular formula is C24H21N7O4. The molecule has 0 unspecified atom stereocenters. The first kappa shape index (κ1) is 23.2. The van der Waals surface area contributed by atoms with Crippen molar-refractivity contribution in [1.82, 2.24) is 14.8 Å². The molecule has 0 aliphatic carbocycles. The van der Waals surface area contributed by atoms with E-state index >= 15 is 0 Å². The molecule has 0 amide bonds. The number of rotatable bonds is 8. The Morgan fingerprint density at radius 3 is 2.71 bits per heavy atom. The van der Waals surface area contributed by atoms with Crippen LogP contribution in [0.4, 0.5) is 11.6 Å². The number of methoxy groups -OCH3 is 1. The van der Waals surface area contributed by atoms with Gasteiger partial charge < -0.3 is 9.15 Å². The molecule has 4 rings (SSSR count). The molecule has 4 aromatic rings. The predicted octanol–water partition coefficient (Wildman–Crippen LogP) is 4.89. The summed E-state index contributed by atoms with van der Waals surface area (Å²) in [6.45, 7) is 3.80. The number of hydrogen-bond acceptors (Lipinski definition) is 9. The van der Waals surface area contributed by atoms with E-state index in [1.54, 1.807) is 16.9 Å². The van der Waals surface area contributed by atoms with Crippen LogP contribution in [0.1, 0.15) is 36.9 Å². The van der Waals surface area contributed by atoms with Crippen molar-refractivity contribution in [2.24, 2.45) is 5.10 Å². The van der Waals surface area contributed by atoms with E-state index in [0.29, 0.717) is 22.7 Å². The molecule has 0 saturated carbocycles. The quantitative estimate of drug-likeness (QED) is 0.217. The number of para-hydroxylation sites is 1. The number of benzene rings is 2. The molecule has 0 radical (unpaired) electrons. The number of ether oxygens (including phenoxy) is 1. The van der Waals surface area contributed by atoms with Gasteiger partial charge in [-0.05, 0) is 24.3 Å². The molecule has 11 nitrogen and oxygen atoms in total. The number of nitrogens with zero attached hydrogens (tertiary/aromatic N) is 6. The molecule has 0 aliphatic heterocycles. The fourth-order valence-electron chi connectivity index (χ4n) is 3.29. The highest BCUT2D eigenvalue weighted by Gasteiger charge is 2.19. The van der Waals surface area contributed by atoms with Crippen LogP contribution in [0, 0.1) is 21.4 Å². The van der Waals surface area contributed by atoms with Crippen LogP contribution >= 0.6 is 0 Å². The van der Waals surface area contributed by atoms with Crippen molar-refractivity contribution in [3.8, 4) is 28.8 Å². The largest absolute Gasteiger partial charge is 0.490 e. The lowest BCUT2D eigenvalue weighted by Crippen LogP contribution is -1.96. The zero-order valence-electron chi connectivity index (χ0n) is 19.2. The first-order valence-electron chi connectivity index (χ1n) is 10.6. The predicted molar refractivity (Wildman–Crippen MR) is 129 cm³/mol. The van der Waals surface area contributed by atoms with Gasteiger partial charge in [-0.2, -0.15) is 15.5 Å². The molecular weight excluding hydrogens is 450 g/mol. The Kier molecular flexibility index (Phi) is 6.55. The first-order valence-corrected chi connectivity index (χ1v) is 10.6. The van der Waals surface area contributed by atoms with E-state index in [2.05, 4.69) is 20.6 Å². The highest BCUT2D eigenvalue weighted by atomic mass is 16.6. The molecule has 35 heavy (non-hydrogen) atoms. The van der Waals surface area contributed by atoms with Crippen LogP contribution in [0.25, 0.3) is 16.9 Å². The third-order valence-electron chi connectivity index (χ3n) is 5.03. The Morgan fingerprint density at radius 2 is 2.06 bits per heavy atom. The Balaban J connectivity index is 1.74. The second-order valence-electron chi connectivity index (χ2n) is 7.72. The maximum Gasteiger partial charge on any atom is 0.311 e. The van der Waals surface area contributed by atoms with Gasteiger partial charge in [0.15, 0.2) is 5.75 Å². The van der Waals surface area contributed by atoms with Crippen LogP contribution in [-0.2, 0) is 0 Å². The number of hydrazone groups is 1. The molecule has 0 spiro atoms. The lowest BCUT2D eigenvalue weighted by Gasteiger charge is -2.04. The van der Waals surface area contributed by atoms with Crippen molar-refractivity contribution >= 4 is 17.8 Å². The highest BCUT2D eigenvalue weighted by Crippen LogP contribution is 2.33. The molecule has 11 heteroatoms. The number of oxazole rings is 1. The SMILES string of the molecule is COc1ccc(-c2nn(-c3ccccc3)cc2C=NNc2oc(C(C)C)nc2C#N)cc1[N+](=O)[O-]. The molecule has 2 heterocycles. The summed E-state index contributed by atoms with van der Waals surface area (Å²) in [6.07, 6.45) is 3.24. The van der Waals surface area contributed by atoms with E-state index in [0.717, 1.165) is 5.69 Å². The van der Waals surface area contributed by atoms with Crippen molar-refractivity contribution in [3.05, 3.63) is 82.0 Å². The standard InChI is InChI=1S/C24H21N7O4/c1-15(2)23-27-19(12-25)24(35-23)28-26-13-17-14-30(18-7-5-4-6-8-18)29-22(17)16-9-10-21(34-3)20(11-16)31(32)33/h4-11,13-15,28H,1-3H3. The monoisotopic (exact) mass is 471 g/mol. The Morgan fingerprint density at radius 1 is 1.29 bits per heavy atom. The zero-order valence-corrected chi connectivity index (χ0v) is 19.2. The summed E-state index contributed by atoms with van der Waals surface area (Å²) in [7, 11) is 1.37. The summed E-state index contributed by atoms with van der Waals surface area (Å²) in [5, 5.41) is 29.7. The number of hydrogen-bond donors (Lipinski definition) is 1. The van der Waals surface area contributed by atoms with E-state index in [4.69, 9.17) is 9.15 Å². The van der Waals surface area contributed by atoms with Gasteiger partial charge in [-0.25, -0.2) is 15.1 Å². The summed E-state index contributed by atoms with van der Waals surface area (Å²) < 4.78 is 12.4. The molecule has 0 bridgehead atoms. The van der Waals surface area contributed by atoms with Crippen LogP contribution in [0.2, 0.25) is 0 Å². The Labute approximate surface area is 200 Å². The average molecular weight is 471 g/mol. The molecule has 0 fully saturated rings. The summed E-state index contributed by atoms with van der Waals surface area (Å²) in [5.41, 5.74) is 4.97. The third-order valence-corrected chi connectivity index (χ3v) is 5.03. The first-order chi connectivity index (χ1) is 16.9. The summed E-state index contributed by atoms with van der Waals surface area (Å²) in [5.74, 6) is 0.698. The van der Waals surface area contributed by atoms with Crippen molar-refractivity contribution in [2.45, 2.75) is 19.8 Å². The fraction of sp³-hybridized carbons (Fsp3) is 0.167. The number of nitro groups is 1. The summed E-state index contributed by atoms with van der Waals surface area (Å²) >= 11 is 0. The average Bonchev–Trinajstić information content (AvgIpc) is 3.49. The molecule has 176 valence electrons. The Bertz CT molecular complexity index is 1430. The van der Waals surface area contributed by atoms with Crippen molar-refractivity contribution in [2.75, 3.05) is 12.5 Å². The molecule has 0 atom stereocenters. The van der Waals surface area contributed by atoms with Crippen LogP contribution in [0.5, 0.6) is 5.75 Å². The molecule has 2 aromatic heterocycles. The highest BCUT2D eigenvalue weighted by molar-refractivity contribution is 5.89. The van der Waals surface area contributed by atoms with Crippen molar-refractivity contribution < 1.29 is 14.1 Å². The van der Waals surface area contributed by atoms with E-state index in [1.165, 1.54) is 25.5 Å². The maximum absolute atomic E-state index is 11.5. The van der Waals surface area contributed by atoms with Gasteiger partial charge in [0.25, 0.3) is 5.88 Å². The number of nitro benzene ring substituents is 1. The van der Waals surface area contributed by atoms with Gasteiger partial charge in [0.2, 0.25) is 11.6 Å². The maximum atomic E-state index is 11.5. The van der Waals surface area contributed by atoms with Crippen molar-refractivity contribution in [1.29, 1.82) is 5.26 Å². The van der Waals surface area contributed by atoms with Crippen LogP contribution in [0.15, 0.2) is 64.2 Å². The number of nitrogens with one attached hydrogen (secondary N) is 1. The van der Waals surface area contributed by atoms with E-state index < -0.39 is 4.92 Å². The molecule has 0 saturated heterocycles. The fourth-order valence-corrected chi connectivity index (χ4v) is 3.29. The molecule has 0 aliphatic rings. The second-order valence-corrected chi connectivity index (χ2v) is 7.72. The van der Waals surface area contributed by atoms with Gasteiger partial charge in [-0.1, -0.05) is 32.0 Å². The number of nitriles is 1. The van der Waals surface area contributed by atoms with Crippen LogP contribution < -0.4 is 10.2 Å². The van der Waals surface area contributed by atoms with Crippen molar-refractivity contribution in [3.63, 3.8) is 0 Å². The van der Waals surface area contributed by atoms with E-state index in [-0.39, 0.29) is 28.9 Å². The normalized spacial score (nSPS) is 11.1. The minimum absolute atomic E-state index is 0.00296. The third kappa shape index (κ3) is 4.86. The van der Waals surface area contributed by atoms with Gasteiger partial charge in [0, 0.05) is 29.3 Å². The summed E-state index contributed by atoms with van der Waals surface area (Å²) in [4.78, 5) is 15.2. The smallest absolute Gasteiger partial charge is 0.311 e. The number of anilines is 1. The van der Waals surface area contributed by atoms with E-state index in [9.17, 15) is 15.4 Å².